The lowest BCUT2D eigenvalue weighted by Gasteiger charge is -2.32. The van der Waals surface area contributed by atoms with Crippen LogP contribution in [0.2, 0.25) is 0 Å². The molecule has 2 aliphatic rings. The van der Waals surface area contributed by atoms with Crippen LogP contribution < -0.4 is 11.1 Å². The van der Waals surface area contributed by atoms with Gasteiger partial charge in [0.1, 0.15) is 5.76 Å². The van der Waals surface area contributed by atoms with Crippen molar-refractivity contribution in [2.45, 2.75) is 52.0 Å². The molecule has 6 nitrogen and oxygen atoms in total. The summed E-state index contributed by atoms with van der Waals surface area (Å²) in [6.45, 7) is 9.28. The highest BCUT2D eigenvalue weighted by Crippen LogP contribution is 2.39. The summed E-state index contributed by atoms with van der Waals surface area (Å²) in [5.41, 5.74) is 5.92. The second-order valence-corrected chi connectivity index (χ2v) is 8.18. The molecule has 3 heterocycles. The first-order valence-electron chi connectivity index (χ1n) is 8.65. The number of nitrogens with zero attached hydrogens (tertiary/aromatic N) is 1. The molecule has 1 spiro atoms. The number of furan rings is 1. The zero-order valence-corrected chi connectivity index (χ0v) is 14.8. The predicted octanol–water partition coefficient (Wildman–Crippen LogP) is 1.78. The molecule has 1 aromatic rings. The first-order chi connectivity index (χ1) is 11.2. The van der Waals surface area contributed by atoms with E-state index in [1.54, 1.807) is 6.07 Å². The molecule has 132 valence electrons. The second-order valence-electron chi connectivity index (χ2n) is 8.18. The predicted molar refractivity (Wildman–Crippen MR) is 90.5 cm³/mol. The third-order valence-corrected chi connectivity index (χ3v) is 5.16. The summed E-state index contributed by atoms with van der Waals surface area (Å²) < 4.78 is 5.73. The summed E-state index contributed by atoms with van der Waals surface area (Å²) in [6.07, 6.45) is 2.90. The lowest BCUT2D eigenvalue weighted by Crippen LogP contribution is -2.47. The molecule has 0 aromatic carbocycles. The summed E-state index contributed by atoms with van der Waals surface area (Å²) >= 11 is 0. The quantitative estimate of drug-likeness (QED) is 0.882. The molecule has 0 saturated carbocycles. The number of hydrogen-bond donors (Lipinski definition) is 2. The average molecular weight is 333 g/mol. The Kier molecular flexibility index (Phi) is 4.20. The maximum Gasteiger partial charge on any atom is 0.284 e. The van der Waals surface area contributed by atoms with Gasteiger partial charge in [0, 0.05) is 30.6 Å². The number of hydrogen-bond acceptors (Lipinski definition) is 4. The van der Waals surface area contributed by atoms with E-state index >= 15 is 0 Å². The summed E-state index contributed by atoms with van der Waals surface area (Å²) in [4.78, 5) is 26.1. The Labute approximate surface area is 142 Å². The van der Waals surface area contributed by atoms with Crippen LogP contribution in [0.1, 0.15) is 61.9 Å². The normalized spacial score (nSPS) is 25.2. The third-order valence-electron chi connectivity index (χ3n) is 5.16. The molecule has 1 unspecified atom stereocenters. The van der Waals surface area contributed by atoms with E-state index in [0.29, 0.717) is 6.54 Å². The van der Waals surface area contributed by atoms with Crippen LogP contribution in [-0.4, -0.2) is 36.3 Å². The fourth-order valence-electron chi connectivity index (χ4n) is 3.96. The van der Waals surface area contributed by atoms with E-state index in [2.05, 4.69) is 31.0 Å². The number of nitrogens with two attached hydrogens (primary N) is 1. The van der Waals surface area contributed by atoms with Gasteiger partial charge in [0.25, 0.3) is 5.91 Å². The molecular weight excluding hydrogens is 306 g/mol. The molecule has 0 radical (unpaired) electrons. The van der Waals surface area contributed by atoms with Crippen LogP contribution >= 0.6 is 0 Å². The fraction of sp³-hybridized carbons (Fsp3) is 0.667. The van der Waals surface area contributed by atoms with E-state index in [-0.39, 0.29) is 22.5 Å². The Morgan fingerprint density at radius 1 is 1.42 bits per heavy atom. The highest BCUT2D eigenvalue weighted by molar-refractivity contribution is 5.90. The Morgan fingerprint density at radius 2 is 2.17 bits per heavy atom. The van der Waals surface area contributed by atoms with Crippen LogP contribution in [0.4, 0.5) is 0 Å². The molecule has 2 aliphatic heterocycles. The monoisotopic (exact) mass is 333 g/mol. The van der Waals surface area contributed by atoms with Crippen LogP contribution in [0.25, 0.3) is 0 Å². The molecule has 2 amide bonds. The summed E-state index contributed by atoms with van der Waals surface area (Å²) in [6, 6.07) is 1.76. The van der Waals surface area contributed by atoms with Crippen molar-refractivity contribution >= 4 is 11.8 Å². The number of nitrogens with one attached hydrogen (secondary N) is 1. The fourth-order valence-corrected chi connectivity index (χ4v) is 3.96. The van der Waals surface area contributed by atoms with Gasteiger partial charge in [-0.25, -0.2) is 0 Å². The van der Waals surface area contributed by atoms with E-state index < -0.39 is 5.91 Å². The van der Waals surface area contributed by atoms with Crippen molar-refractivity contribution in [3.63, 3.8) is 0 Å². The molecule has 2 fully saturated rings. The number of amides is 2. The zero-order valence-electron chi connectivity index (χ0n) is 14.8. The van der Waals surface area contributed by atoms with E-state index in [0.717, 1.165) is 50.2 Å². The maximum atomic E-state index is 12.3. The smallest absolute Gasteiger partial charge is 0.284 e. The van der Waals surface area contributed by atoms with Crippen LogP contribution in [0.3, 0.4) is 0 Å². The molecule has 1 atom stereocenters. The topological polar surface area (TPSA) is 88.6 Å². The molecule has 6 heteroatoms. The molecule has 2 saturated heterocycles. The summed E-state index contributed by atoms with van der Waals surface area (Å²) in [7, 11) is 0. The third kappa shape index (κ3) is 3.07. The van der Waals surface area contributed by atoms with Crippen molar-refractivity contribution in [2.75, 3.05) is 19.6 Å². The first-order valence-corrected chi connectivity index (χ1v) is 8.65. The van der Waals surface area contributed by atoms with E-state index in [1.165, 1.54) is 0 Å². The molecular formula is C18H27N3O3. The molecule has 24 heavy (non-hydrogen) atoms. The van der Waals surface area contributed by atoms with E-state index in [1.807, 2.05) is 0 Å². The molecule has 3 rings (SSSR count). The lowest BCUT2D eigenvalue weighted by atomic mass is 9.79. The van der Waals surface area contributed by atoms with Crippen molar-refractivity contribution in [3.8, 4) is 0 Å². The van der Waals surface area contributed by atoms with Gasteiger partial charge in [-0.2, -0.15) is 0 Å². The first kappa shape index (κ1) is 17.0. The Morgan fingerprint density at radius 3 is 2.79 bits per heavy atom. The number of rotatable bonds is 3. The van der Waals surface area contributed by atoms with Crippen LogP contribution in [0, 0.1) is 5.41 Å². The summed E-state index contributed by atoms with van der Waals surface area (Å²) in [5.74, 6) is 0.651. The average Bonchev–Trinajstić information content (AvgIpc) is 3.08. The van der Waals surface area contributed by atoms with Gasteiger partial charge in [-0.05, 0) is 31.9 Å². The van der Waals surface area contributed by atoms with Crippen molar-refractivity contribution < 1.29 is 14.0 Å². The van der Waals surface area contributed by atoms with Gasteiger partial charge < -0.3 is 15.5 Å². The number of carbonyl (C=O) groups excluding carboxylic acids is 2. The largest absolute Gasteiger partial charge is 0.455 e. The highest BCUT2D eigenvalue weighted by Gasteiger charge is 2.45. The molecule has 3 N–H and O–H groups in total. The Balaban J connectivity index is 1.79. The van der Waals surface area contributed by atoms with Crippen molar-refractivity contribution in [2.24, 2.45) is 11.1 Å². The minimum absolute atomic E-state index is 0.192. The molecule has 0 aliphatic carbocycles. The van der Waals surface area contributed by atoms with Gasteiger partial charge in [0.05, 0.1) is 5.41 Å². The van der Waals surface area contributed by atoms with Crippen molar-refractivity contribution in [3.05, 3.63) is 23.2 Å². The maximum absolute atomic E-state index is 12.3. The highest BCUT2D eigenvalue weighted by atomic mass is 16.4. The van der Waals surface area contributed by atoms with Gasteiger partial charge in [-0.1, -0.05) is 20.8 Å². The Bertz CT molecular complexity index is 659. The van der Waals surface area contributed by atoms with E-state index in [9.17, 15) is 9.59 Å². The summed E-state index contributed by atoms with van der Waals surface area (Å²) in [5, 5.41) is 3.01. The van der Waals surface area contributed by atoms with Crippen LogP contribution in [0.15, 0.2) is 10.5 Å². The lowest BCUT2D eigenvalue weighted by molar-refractivity contribution is -0.132. The Hall–Kier alpha value is -1.82. The number of piperidine rings is 1. The van der Waals surface area contributed by atoms with E-state index in [4.69, 9.17) is 10.2 Å². The number of primary amides is 1. The van der Waals surface area contributed by atoms with Crippen LogP contribution in [0.5, 0.6) is 0 Å². The SMILES string of the molecule is CC(C)(C)c1oc(C(N)=O)cc1CN1CCC2(CCCNC2=O)C1. The van der Waals surface area contributed by atoms with Crippen molar-refractivity contribution in [1.82, 2.24) is 10.2 Å². The van der Waals surface area contributed by atoms with Crippen molar-refractivity contribution in [1.29, 1.82) is 0 Å². The minimum Gasteiger partial charge on any atom is -0.455 e. The van der Waals surface area contributed by atoms with Gasteiger partial charge >= 0.3 is 0 Å². The standard InChI is InChI=1S/C18H27N3O3/c1-17(2,3)14-12(9-13(24-14)15(19)22)10-21-8-6-18(11-21)5-4-7-20-16(18)23/h9H,4-8,10-11H2,1-3H3,(H2,19,22)(H,20,23). The molecule has 1 aromatic heterocycles. The van der Waals surface area contributed by atoms with Gasteiger partial charge in [0.15, 0.2) is 5.76 Å². The number of carbonyl (C=O) groups is 2. The van der Waals surface area contributed by atoms with Gasteiger partial charge in [-0.3, -0.25) is 14.5 Å². The molecule has 0 bridgehead atoms. The van der Waals surface area contributed by atoms with Gasteiger partial charge in [0.2, 0.25) is 5.91 Å². The van der Waals surface area contributed by atoms with Crippen LogP contribution in [-0.2, 0) is 16.8 Å². The number of likely N-dealkylation sites (tertiary alicyclic amines) is 1. The minimum atomic E-state index is -0.545. The van der Waals surface area contributed by atoms with Gasteiger partial charge in [-0.15, -0.1) is 0 Å². The second kappa shape index (κ2) is 5.92. The zero-order chi connectivity index (χ0) is 17.5.